The summed E-state index contributed by atoms with van der Waals surface area (Å²) in [6.07, 6.45) is 0. The normalized spacial score (nSPS) is 13.0. The van der Waals surface area contributed by atoms with Crippen LogP contribution in [0.15, 0.2) is 24.3 Å². The van der Waals surface area contributed by atoms with Gasteiger partial charge in [0, 0.05) is 28.8 Å². The number of fused-ring (bicyclic) bond motifs is 1. The molecule has 1 heterocycles. The van der Waals surface area contributed by atoms with Crippen LogP contribution >= 0.6 is 0 Å². The Bertz CT molecular complexity index is 796. The number of sulfone groups is 1. The number of benzene rings is 1. The van der Waals surface area contributed by atoms with E-state index in [1.165, 1.54) is 0 Å². The lowest BCUT2D eigenvalue weighted by Gasteiger charge is -2.12. The molecule has 0 spiro atoms. The van der Waals surface area contributed by atoms with Crippen LogP contribution in [0, 0.1) is 0 Å². The minimum atomic E-state index is -3.12. The highest BCUT2D eigenvalue weighted by Crippen LogP contribution is 2.21. The van der Waals surface area contributed by atoms with Crippen LogP contribution in [0.2, 0.25) is 0 Å². The SMILES string of the molecule is CCOc1ccc2cc(C(=O)NC(C)CS(=O)(=O)CC)[nH]c2c1. The van der Waals surface area contributed by atoms with Gasteiger partial charge in [-0.2, -0.15) is 0 Å². The average molecular weight is 338 g/mol. The highest BCUT2D eigenvalue weighted by Gasteiger charge is 2.17. The number of hydrogen-bond donors (Lipinski definition) is 2. The van der Waals surface area contributed by atoms with E-state index >= 15 is 0 Å². The predicted molar refractivity (Wildman–Crippen MR) is 90.7 cm³/mol. The van der Waals surface area contributed by atoms with Crippen LogP contribution in [0.25, 0.3) is 10.9 Å². The van der Waals surface area contributed by atoms with Crippen molar-refractivity contribution in [2.75, 3.05) is 18.1 Å². The molecule has 126 valence electrons. The van der Waals surface area contributed by atoms with Crippen molar-refractivity contribution in [2.24, 2.45) is 0 Å². The topological polar surface area (TPSA) is 88.3 Å². The van der Waals surface area contributed by atoms with E-state index in [0.717, 1.165) is 16.7 Å². The largest absolute Gasteiger partial charge is 0.494 e. The maximum atomic E-state index is 12.2. The van der Waals surface area contributed by atoms with Gasteiger partial charge in [0.1, 0.15) is 11.4 Å². The first-order valence-electron chi connectivity index (χ1n) is 7.61. The summed E-state index contributed by atoms with van der Waals surface area (Å²) >= 11 is 0. The van der Waals surface area contributed by atoms with Crippen molar-refractivity contribution in [3.05, 3.63) is 30.0 Å². The molecule has 0 fully saturated rings. The van der Waals surface area contributed by atoms with Crippen molar-refractivity contribution in [3.8, 4) is 5.75 Å². The molecule has 0 radical (unpaired) electrons. The standard InChI is InChI=1S/C16H22N2O4S/c1-4-22-13-7-6-12-8-15(18-14(12)9-13)16(19)17-11(3)10-23(20,21)5-2/h6-9,11,18H,4-5,10H2,1-3H3,(H,17,19). The number of ether oxygens (including phenoxy) is 1. The van der Waals surface area contributed by atoms with Crippen LogP contribution < -0.4 is 10.1 Å². The van der Waals surface area contributed by atoms with E-state index in [1.54, 1.807) is 19.9 Å². The van der Waals surface area contributed by atoms with Gasteiger partial charge in [0.25, 0.3) is 5.91 Å². The summed E-state index contributed by atoms with van der Waals surface area (Å²) in [7, 11) is -3.12. The van der Waals surface area contributed by atoms with E-state index < -0.39 is 15.9 Å². The molecule has 0 aliphatic carbocycles. The lowest BCUT2D eigenvalue weighted by atomic mass is 10.2. The summed E-state index contributed by atoms with van der Waals surface area (Å²) in [5, 5.41) is 3.60. The molecular weight excluding hydrogens is 316 g/mol. The zero-order valence-electron chi connectivity index (χ0n) is 13.5. The number of amides is 1. The molecule has 0 saturated carbocycles. The third-order valence-corrected chi connectivity index (χ3v) is 5.36. The summed E-state index contributed by atoms with van der Waals surface area (Å²) in [6.45, 7) is 5.75. The van der Waals surface area contributed by atoms with Gasteiger partial charge in [0.2, 0.25) is 0 Å². The van der Waals surface area contributed by atoms with Gasteiger partial charge in [-0.1, -0.05) is 6.92 Å². The van der Waals surface area contributed by atoms with Crippen LogP contribution in [0.4, 0.5) is 0 Å². The second-order valence-electron chi connectivity index (χ2n) is 5.44. The maximum Gasteiger partial charge on any atom is 0.267 e. The Balaban J connectivity index is 2.11. The van der Waals surface area contributed by atoms with Gasteiger partial charge in [-0.3, -0.25) is 4.79 Å². The van der Waals surface area contributed by atoms with Crippen LogP contribution in [0.1, 0.15) is 31.3 Å². The second-order valence-corrected chi connectivity index (χ2v) is 7.84. The number of hydrogen-bond acceptors (Lipinski definition) is 4. The lowest BCUT2D eigenvalue weighted by Crippen LogP contribution is -2.38. The average Bonchev–Trinajstić information content (AvgIpc) is 2.90. The number of rotatable bonds is 7. The number of H-pyrrole nitrogens is 1. The molecule has 0 bridgehead atoms. The van der Waals surface area contributed by atoms with Crippen LogP contribution in [-0.4, -0.2) is 43.5 Å². The van der Waals surface area contributed by atoms with Gasteiger partial charge in [-0.05, 0) is 32.0 Å². The molecule has 1 atom stereocenters. The zero-order chi connectivity index (χ0) is 17.0. The Labute approximate surface area is 136 Å². The predicted octanol–water partition coefficient (Wildman–Crippen LogP) is 2.12. The molecule has 1 aromatic carbocycles. The van der Waals surface area contributed by atoms with E-state index in [1.807, 2.05) is 25.1 Å². The summed E-state index contributed by atoms with van der Waals surface area (Å²) in [5.74, 6) is 0.415. The Morgan fingerprint density at radius 1 is 1.30 bits per heavy atom. The fraction of sp³-hybridized carbons (Fsp3) is 0.438. The van der Waals surface area contributed by atoms with Gasteiger partial charge < -0.3 is 15.0 Å². The number of carbonyl (C=O) groups is 1. The zero-order valence-corrected chi connectivity index (χ0v) is 14.4. The molecule has 6 nitrogen and oxygen atoms in total. The summed E-state index contributed by atoms with van der Waals surface area (Å²) in [6, 6.07) is 6.84. The lowest BCUT2D eigenvalue weighted by molar-refractivity contribution is 0.0939. The maximum absolute atomic E-state index is 12.2. The van der Waals surface area contributed by atoms with Gasteiger partial charge in [-0.25, -0.2) is 8.42 Å². The Kier molecular flexibility index (Phi) is 5.30. The third kappa shape index (κ3) is 4.48. The number of carbonyl (C=O) groups excluding carboxylic acids is 1. The highest BCUT2D eigenvalue weighted by atomic mass is 32.2. The van der Waals surface area contributed by atoms with Crippen molar-refractivity contribution >= 4 is 26.6 Å². The van der Waals surface area contributed by atoms with E-state index in [-0.39, 0.29) is 17.4 Å². The van der Waals surface area contributed by atoms with Crippen LogP contribution in [0.3, 0.4) is 0 Å². The number of nitrogens with one attached hydrogen (secondary N) is 2. The molecular formula is C16H22N2O4S. The van der Waals surface area contributed by atoms with Crippen molar-refractivity contribution in [3.63, 3.8) is 0 Å². The summed E-state index contributed by atoms with van der Waals surface area (Å²) < 4.78 is 28.6. The minimum Gasteiger partial charge on any atom is -0.494 e. The Morgan fingerprint density at radius 3 is 2.70 bits per heavy atom. The minimum absolute atomic E-state index is 0.0655. The molecule has 0 saturated heterocycles. The molecule has 23 heavy (non-hydrogen) atoms. The summed E-state index contributed by atoms with van der Waals surface area (Å²) in [5.41, 5.74) is 1.20. The Hall–Kier alpha value is -2.02. The summed E-state index contributed by atoms with van der Waals surface area (Å²) in [4.78, 5) is 15.3. The van der Waals surface area contributed by atoms with Crippen LogP contribution in [0.5, 0.6) is 5.75 Å². The molecule has 0 aliphatic heterocycles. The molecule has 2 aromatic rings. The smallest absolute Gasteiger partial charge is 0.267 e. The van der Waals surface area contributed by atoms with E-state index in [9.17, 15) is 13.2 Å². The highest BCUT2D eigenvalue weighted by molar-refractivity contribution is 7.91. The van der Waals surface area contributed by atoms with Crippen molar-refractivity contribution in [1.29, 1.82) is 0 Å². The first kappa shape index (κ1) is 17.3. The van der Waals surface area contributed by atoms with Crippen molar-refractivity contribution in [2.45, 2.75) is 26.8 Å². The van der Waals surface area contributed by atoms with Gasteiger partial charge in [0.15, 0.2) is 9.84 Å². The van der Waals surface area contributed by atoms with Gasteiger partial charge >= 0.3 is 0 Å². The molecule has 1 amide bonds. The third-order valence-electron chi connectivity index (χ3n) is 3.47. The fourth-order valence-electron chi connectivity index (χ4n) is 2.33. The molecule has 7 heteroatoms. The molecule has 1 unspecified atom stereocenters. The van der Waals surface area contributed by atoms with E-state index in [4.69, 9.17) is 4.74 Å². The van der Waals surface area contributed by atoms with E-state index in [0.29, 0.717) is 12.3 Å². The van der Waals surface area contributed by atoms with Crippen LogP contribution in [-0.2, 0) is 9.84 Å². The molecule has 2 N–H and O–H groups in total. The Morgan fingerprint density at radius 2 is 2.04 bits per heavy atom. The molecule has 2 rings (SSSR count). The number of aromatic nitrogens is 1. The van der Waals surface area contributed by atoms with Crippen molar-refractivity contribution in [1.82, 2.24) is 10.3 Å². The quantitative estimate of drug-likeness (QED) is 0.809. The monoisotopic (exact) mass is 338 g/mol. The number of aromatic amines is 1. The second kappa shape index (κ2) is 7.04. The fourth-order valence-corrected chi connectivity index (χ4v) is 3.41. The molecule has 0 aliphatic rings. The van der Waals surface area contributed by atoms with E-state index in [2.05, 4.69) is 10.3 Å². The first-order chi connectivity index (χ1) is 10.8. The van der Waals surface area contributed by atoms with Gasteiger partial charge in [-0.15, -0.1) is 0 Å². The molecule has 1 aromatic heterocycles. The first-order valence-corrected chi connectivity index (χ1v) is 9.43. The van der Waals surface area contributed by atoms with Gasteiger partial charge in [0.05, 0.1) is 12.4 Å². The van der Waals surface area contributed by atoms with Crippen molar-refractivity contribution < 1.29 is 17.9 Å².